The van der Waals surface area contributed by atoms with Gasteiger partial charge in [0.2, 0.25) is 6.29 Å². The summed E-state index contributed by atoms with van der Waals surface area (Å²) in [5.74, 6) is 0.348. The number of benzene rings is 3. The molecule has 48 heavy (non-hydrogen) atoms. The Morgan fingerprint density at radius 2 is 1.48 bits per heavy atom. The number of nitrogens with zero attached hydrogens (tertiary/aromatic N) is 1. The van der Waals surface area contributed by atoms with E-state index < -0.39 is 42.9 Å². The van der Waals surface area contributed by atoms with Crippen molar-refractivity contribution in [1.29, 1.82) is 0 Å². The summed E-state index contributed by atoms with van der Waals surface area (Å²) in [6.07, 6.45) is -5.83. The van der Waals surface area contributed by atoms with E-state index in [9.17, 15) is 35.4 Å². The lowest BCUT2D eigenvalue weighted by molar-refractivity contribution is -0.277. The van der Waals surface area contributed by atoms with Crippen LogP contribution in [0.2, 0.25) is 0 Å². The fraction of sp³-hybridized carbons (Fsp3) is 0.265. The van der Waals surface area contributed by atoms with Crippen LogP contribution in [0, 0.1) is 0 Å². The first-order chi connectivity index (χ1) is 23.1. The summed E-state index contributed by atoms with van der Waals surface area (Å²) >= 11 is 0. The smallest absolute Gasteiger partial charge is 0.361 e. The van der Waals surface area contributed by atoms with Crippen molar-refractivity contribution in [2.24, 2.45) is 0 Å². The van der Waals surface area contributed by atoms with Crippen LogP contribution in [0.5, 0.6) is 34.5 Å². The van der Waals surface area contributed by atoms with Crippen molar-refractivity contribution in [3.05, 3.63) is 65.1 Å². The van der Waals surface area contributed by atoms with Crippen molar-refractivity contribution < 1.29 is 58.7 Å². The number of methoxy groups -OCH3 is 3. The molecule has 14 nitrogen and oxygen atoms in total. The Kier molecular flexibility index (Phi) is 7.69. The second-order valence-corrected chi connectivity index (χ2v) is 11.3. The first kappa shape index (κ1) is 31.4. The summed E-state index contributed by atoms with van der Waals surface area (Å²) in [6, 6.07) is 12.7. The maximum absolute atomic E-state index is 13.7. The molecule has 3 aromatic heterocycles. The third kappa shape index (κ3) is 4.72. The Morgan fingerprint density at radius 1 is 0.771 bits per heavy atom. The largest absolute Gasteiger partial charge is 0.504 e. The Labute approximate surface area is 270 Å². The molecule has 4 heterocycles. The number of phenols is 2. The van der Waals surface area contributed by atoms with Crippen molar-refractivity contribution in [1.82, 2.24) is 4.40 Å². The van der Waals surface area contributed by atoms with Crippen molar-refractivity contribution in [3.63, 3.8) is 0 Å². The molecule has 5 atom stereocenters. The third-order valence-corrected chi connectivity index (χ3v) is 8.71. The van der Waals surface area contributed by atoms with Crippen LogP contribution < -0.4 is 24.6 Å². The highest BCUT2D eigenvalue weighted by Crippen LogP contribution is 2.46. The third-order valence-electron chi connectivity index (χ3n) is 8.71. The highest BCUT2D eigenvalue weighted by atomic mass is 16.7. The second-order valence-electron chi connectivity index (χ2n) is 11.3. The van der Waals surface area contributed by atoms with Crippen LogP contribution >= 0.6 is 0 Å². The first-order valence-electron chi connectivity index (χ1n) is 14.8. The van der Waals surface area contributed by atoms with Crippen LogP contribution in [-0.2, 0) is 4.74 Å². The van der Waals surface area contributed by atoms with E-state index in [1.54, 1.807) is 47.0 Å². The molecule has 0 saturated carbocycles. The summed E-state index contributed by atoms with van der Waals surface area (Å²) in [5, 5.41) is 63.7. The van der Waals surface area contributed by atoms with E-state index in [2.05, 4.69) is 0 Å². The molecule has 6 N–H and O–H groups in total. The molecule has 0 radical (unpaired) electrons. The van der Waals surface area contributed by atoms with Gasteiger partial charge in [0.1, 0.15) is 35.5 Å². The second kappa shape index (κ2) is 11.8. The first-order valence-corrected chi connectivity index (χ1v) is 14.8. The van der Waals surface area contributed by atoms with Gasteiger partial charge < -0.3 is 63.1 Å². The fourth-order valence-corrected chi connectivity index (χ4v) is 6.34. The van der Waals surface area contributed by atoms with Gasteiger partial charge in [-0.2, -0.15) is 0 Å². The van der Waals surface area contributed by atoms with Gasteiger partial charge in [0.05, 0.1) is 33.5 Å². The monoisotopic (exact) mass is 661 g/mol. The molecule has 7 rings (SSSR count). The quantitative estimate of drug-likeness (QED) is 0.137. The molecule has 6 aromatic rings. The number of pyridine rings is 1. The van der Waals surface area contributed by atoms with Gasteiger partial charge in [0, 0.05) is 34.0 Å². The van der Waals surface area contributed by atoms with E-state index in [0.29, 0.717) is 38.2 Å². The van der Waals surface area contributed by atoms with E-state index in [0.717, 1.165) is 0 Å². The standard InChI is InChI=1S/C34H31NO13/c1-43-21-9-15(4-5-18(21)37)26-27-17-11-22(44-2)19(38)12-20(17)46-33(42)29(27)35-7-6-14-8-24(23(45-3)10-16(14)28(26)35)47-34-32(41)31(40)30(39)25(13-36)48-34/h4-12,25,30-32,34,36-41H,13H2,1-3H3/t25-,30+,31+,32-,34-/m1/s1. The number of aliphatic hydroxyl groups excluding tert-OH is 4. The Bertz CT molecular complexity index is 2270. The number of aromatic nitrogens is 1. The Balaban J connectivity index is 1.54. The lowest BCUT2D eigenvalue weighted by atomic mass is 9.97. The number of ether oxygens (including phenoxy) is 5. The van der Waals surface area contributed by atoms with Crippen molar-refractivity contribution in [2.45, 2.75) is 30.7 Å². The van der Waals surface area contributed by atoms with Crippen LogP contribution in [0.25, 0.3) is 49.3 Å². The lowest BCUT2D eigenvalue weighted by Crippen LogP contribution is -2.60. The zero-order chi connectivity index (χ0) is 34.0. The van der Waals surface area contributed by atoms with Gasteiger partial charge in [-0.3, -0.25) is 0 Å². The van der Waals surface area contributed by atoms with Crippen molar-refractivity contribution in [2.75, 3.05) is 27.9 Å². The molecule has 1 aliphatic heterocycles. The maximum Gasteiger partial charge on any atom is 0.361 e. The number of rotatable bonds is 7. The number of hydrogen-bond donors (Lipinski definition) is 6. The summed E-state index contributed by atoms with van der Waals surface area (Å²) < 4.78 is 35.3. The Hall–Kier alpha value is -5.25. The molecule has 0 amide bonds. The lowest BCUT2D eigenvalue weighted by Gasteiger charge is -2.39. The molecule has 14 heteroatoms. The number of aromatic hydroxyl groups is 2. The van der Waals surface area contributed by atoms with Gasteiger partial charge in [-0.25, -0.2) is 4.79 Å². The average molecular weight is 662 g/mol. The molecule has 0 unspecified atom stereocenters. The normalized spacial score (nSPS) is 21.3. The predicted octanol–water partition coefficient (Wildman–Crippen LogP) is 2.63. The van der Waals surface area contributed by atoms with Gasteiger partial charge in [-0.1, -0.05) is 6.07 Å². The van der Waals surface area contributed by atoms with E-state index in [4.69, 9.17) is 28.1 Å². The minimum Gasteiger partial charge on any atom is -0.504 e. The molecular formula is C34H31NO13. The van der Waals surface area contributed by atoms with Crippen LogP contribution in [0.1, 0.15) is 0 Å². The molecule has 3 aromatic carbocycles. The SMILES string of the molecule is COc1cc(-c2c3c4cc(OC)c(O)cc4oc(=O)c3n3ccc4cc(O[C@@H]5O[C@H](CO)[C@H](O)[C@H](O)[C@H]5O)c(OC)cc4c23)ccc1O. The van der Waals surface area contributed by atoms with Gasteiger partial charge in [0.15, 0.2) is 34.5 Å². The molecular weight excluding hydrogens is 630 g/mol. The topological polar surface area (TPSA) is 202 Å². The summed E-state index contributed by atoms with van der Waals surface area (Å²) in [4.78, 5) is 13.7. The van der Waals surface area contributed by atoms with Gasteiger partial charge in [-0.05, 0) is 47.3 Å². The number of fused-ring (bicyclic) bond motifs is 7. The van der Waals surface area contributed by atoms with Crippen LogP contribution in [0.4, 0.5) is 0 Å². The van der Waals surface area contributed by atoms with E-state index in [-0.39, 0.29) is 45.6 Å². The number of phenolic OH excluding ortho intramolecular Hbond substituents is 2. The number of aliphatic hydroxyl groups is 4. The van der Waals surface area contributed by atoms with E-state index >= 15 is 0 Å². The highest BCUT2D eigenvalue weighted by Gasteiger charge is 2.45. The molecule has 0 bridgehead atoms. The number of hydrogen-bond acceptors (Lipinski definition) is 13. The average Bonchev–Trinajstić information content (AvgIpc) is 3.44. The van der Waals surface area contributed by atoms with Crippen LogP contribution in [0.15, 0.2) is 63.9 Å². The molecule has 250 valence electrons. The molecule has 0 spiro atoms. The molecule has 1 aliphatic rings. The molecule has 0 aliphatic carbocycles. The van der Waals surface area contributed by atoms with Gasteiger partial charge in [0.25, 0.3) is 0 Å². The van der Waals surface area contributed by atoms with Crippen LogP contribution in [0.3, 0.4) is 0 Å². The van der Waals surface area contributed by atoms with Crippen molar-refractivity contribution in [3.8, 4) is 45.6 Å². The molecule has 1 fully saturated rings. The predicted molar refractivity (Wildman–Crippen MR) is 171 cm³/mol. The van der Waals surface area contributed by atoms with E-state index in [1.807, 2.05) is 0 Å². The zero-order valence-corrected chi connectivity index (χ0v) is 25.8. The van der Waals surface area contributed by atoms with Gasteiger partial charge in [-0.15, -0.1) is 0 Å². The zero-order valence-electron chi connectivity index (χ0n) is 25.8. The fourth-order valence-electron chi connectivity index (χ4n) is 6.34. The van der Waals surface area contributed by atoms with Gasteiger partial charge >= 0.3 is 5.63 Å². The van der Waals surface area contributed by atoms with E-state index in [1.165, 1.54) is 33.5 Å². The Morgan fingerprint density at radius 3 is 2.19 bits per heavy atom. The van der Waals surface area contributed by atoms with Crippen LogP contribution in [-0.4, -0.2) is 93.7 Å². The molecule has 1 saturated heterocycles. The minimum absolute atomic E-state index is 0.0912. The minimum atomic E-state index is -1.65. The highest BCUT2D eigenvalue weighted by molar-refractivity contribution is 6.22. The summed E-state index contributed by atoms with van der Waals surface area (Å²) in [6.45, 7) is -0.627. The summed E-state index contributed by atoms with van der Waals surface area (Å²) in [5.41, 5.74) is 1.30. The maximum atomic E-state index is 13.7. The summed E-state index contributed by atoms with van der Waals surface area (Å²) in [7, 11) is 4.23. The van der Waals surface area contributed by atoms with Crippen molar-refractivity contribution >= 4 is 38.2 Å².